The number of aromatic hydroxyl groups is 1. The lowest BCUT2D eigenvalue weighted by Crippen LogP contribution is -1.91. The molecule has 1 N–H and O–H groups in total. The molecule has 0 aromatic heterocycles. The Morgan fingerprint density at radius 2 is 2.29 bits per heavy atom. The molecule has 0 bridgehead atoms. The molecular formula is C10H11BrO3. The van der Waals surface area contributed by atoms with E-state index in [9.17, 15) is 9.90 Å². The molecule has 1 aromatic rings. The molecule has 0 unspecified atom stereocenters. The monoisotopic (exact) mass is 258 g/mol. The van der Waals surface area contributed by atoms with Crippen molar-refractivity contribution < 1.29 is 14.6 Å². The number of carbonyl (C=O) groups is 1. The molecule has 14 heavy (non-hydrogen) atoms. The Labute approximate surface area is 90.8 Å². The lowest BCUT2D eigenvalue weighted by molar-refractivity contribution is -0.107. The highest BCUT2D eigenvalue weighted by Crippen LogP contribution is 2.33. The Morgan fingerprint density at radius 3 is 2.86 bits per heavy atom. The zero-order valence-corrected chi connectivity index (χ0v) is 9.37. The topological polar surface area (TPSA) is 46.5 Å². The van der Waals surface area contributed by atoms with E-state index < -0.39 is 0 Å². The molecule has 1 rings (SSSR count). The average molecular weight is 259 g/mol. The lowest BCUT2D eigenvalue weighted by Gasteiger charge is -2.08. The summed E-state index contributed by atoms with van der Waals surface area (Å²) >= 11 is 3.30. The molecule has 3 nitrogen and oxygen atoms in total. The third kappa shape index (κ3) is 2.48. The summed E-state index contributed by atoms with van der Waals surface area (Å²) in [6, 6.07) is 3.46. The molecule has 0 aliphatic rings. The highest BCUT2D eigenvalue weighted by molar-refractivity contribution is 9.10. The summed E-state index contributed by atoms with van der Waals surface area (Å²) < 4.78 is 5.80. The van der Waals surface area contributed by atoms with E-state index in [2.05, 4.69) is 15.9 Å². The number of aldehydes is 1. The number of hydrogen-bond acceptors (Lipinski definition) is 3. The number of methoxy groups -OCH3 is 1. The zero-order chi connectivity index (χ0) is 10.6. The smallest absolute Gasteiger partial charge is 0.161 e. The summed E-state index contributed by atoms with van der Waals surface area (Å²) in [5.74, 6) is 0.526. The van der Waals surface area contributed by atoms with Crippen molar-refractivity contribution in [2.24, 2.45) is 0 Å². The van der Waals surface area contributed by atoms with Crippen LogP contribution in [0.2, 0.25) is 0 Å². The van der Waals surface area contributed by atoms with E-state index in [0.717, 1.165) is 10.8 Å². The summed E-state index contributed by atoms with van der Waals surface area (Å²) in [6.07, 6.45) is 1.74. The third-order valence-corrected chi connectivity index (χ3v) is 2.33. The van der Waals surface area contributed by atoms with Gasteiger partial charge >= 0.3 is 0 Å². The van der Waals surface area contributed by atoms with Crippen molar-refractivity contribution >= 4 is 22.2 Å². The summed E-state index contributed by atoms with van der Waals surface area (Å²) in [5, 5.41) is 9.68. The van der Waals surface area contributed by atoms with E-state index in [4.69, 9.17) is 4.74 Å². The van der Waals surface area contributed by atoms with Crippen LogP contribution in [-0.4, -0.2) is 18.5 Å². The van der Waals surface area contributed by atoms with Crippen LogP contribution in [0, 0.1) is 0 Å². The third-order valence-electron chi connectivity index (χ3n) is 1.87. The highest BCUT2D eigenvalue weighted by Gasteiger charge is 2.08. The van der Waals surface area contributed by atoms with E-state index in [1.54, 1.807) is 12.1 Å². The number of ether oxygens (including phenoxy) is 1. The van der Waals surface area contributed by atoms with Gasteiger partial charge in [0.25, 0.3) is 0 Å². The van der Waals surface area contributed by atoms with Gasteiger partial charge in [0.15, 0.2) is 11.5 Å². The quantitative estimate of drug-likeness (QED) is 0.844. The molecule has 0 aliphatic carbocycles. The zero-order valence-electron chi connectivity index (χ0n) is 7.79. The second-order valence-corrected chi connectivity index (χ2v) is 3.74. The first-order valence-electron chi connectivity index (χ1n) is 4.18. The number of halogens is 1. The fourth-order valence-corrected chi connectivity index (χ4v) is 1.67. The largest absolute Gasteiger partial charge is 0.504 e. The highest BCUT2D eigenvalue weighted by atomic mass is 79.9. The minimum absolute atomic E-state index is 0.109. The first kappa shape index (κ1) is 11.0. The minimum atomic E-state index is 0.109. The van der Waals surface area contributed by atoms with Crippen molar-refractivity contribution in [3.63, 3.8) is 0 Å². The standard InChI is InChI=1S/C10H11BrO3/c1-14-9-6-8(11)5-7(10(9)13)3-2-4-12/h4-6,13H,2-3H2,1H3. The van der Waals surface area contributed by atoms with Crippen molar-refractivity contribution in [1.82, 2.24) is 0 Å². The second kappa shape index (κ2) is 5.00. The van der Waals surface area contributed by atoms with Gasteiger partial charge in [0.05, 0.1) is 7.11 Å². The Morgan fingerprint density at radius 1 is 1.57 bits per heavy atom. The Bertz CT molecular complexity index is 336. The van der Waals surface area contributed by atoms with Crippen LogP contribution in [0.25, 0.3) is 0 Å². The fraction of sp³-hybridized carbons (Fsp3) is 0.300. The minimum Gasteiger partial charge on any atom is -0.504 e. The van der Waals surface area contributed by atoms with Crippen LogP contribution in [0.3, 0.4) is 0 Å². The van der Waals surface area contributed by atoms with Gasteiger partial charge in [-0.05, 0) is 24.1 Å². The van der Waals surface area contributed by atoms with Gasteiger partial charge in [0.1, 0.15) is 6.29 Å². The predicted octanol–water partition coefficient (Wildman–Crippen LogP) is 2.29. The van der Waals surface area contributed by atoms with Gasteiger partial charge in [-0.3, -0.25) is 0 Å². The van der Waals surface area contributed by atoms with Crippen molar-refractivity contribution in [2.75, 3.05) is 7.11 Å². The Kier molecular flexibility index (Phi) is 3.95. The van der Waals surface area contributed by atoms with Crippen molar-refractivity contribution in [3.05, 3.63) is 22.2 Å². The van der Waals surface area contributed by atoms with Crippen LogP contribution in [0.5, 0.6) is 11.5 Å². The Hall–Kier alpha value is -1.03. The number of carbonyl (C=O) groups excluding carboxylic acids is 1. The number of benzene rings is 1. The first-order chi connectivity index (χ1) is 6.69. The first-order valence-corrected chi connectivity index (χ1v) is 4.97. The molecule has 4 heteroatoms. The molecule has 0 atom stereocenters. The van der Waals surface area contributed by atoms with Crippen LogP contribution in [-0.2, 0) is 11.2 Å². The normalized spacial score (nSPS) is 9.86. The average Bonchev–Trinajstić information content (AvgIpc) is 2.18. The molecule has 0 fully saturated rings. The number of phenols is 1. The van der Waals surface area contributed by atoms with Crippen LogP contribution >= 0.6 is 15.9 Å². The maximum atomic E-state index is 10.2. The van der Waals surface area contributed by atoms with E-state index in [1.807, 2.05) is 0 Å². The fourth-order valence-electron chi connectivity index (χ4n) is 1.19. The Balaban J connectivity index is 3.02. The summed E-state index contributed by atoms with van der Waals surface area (Å²) in [4.78, 5) is 10.2. The predicted molar refractivity (Wildman–Crippen MR) is 56.7 cm³/mol. The molecule has 0 saturated heterocycles. The van der Waals surface area contributed by atoms with Crippen molar-refractivity contribution in [2.45, 2.75) is 12.8 Å². The number of rotatable bonds is 4. The molecule has 1 aromatic carbocycles. The molecule has 0 amide bonds. The summed E-state index contributed by atoms with van der Waals surface area (Å²) in [5.41, 5.74) is 0.711. The molecule has 0 aliphatic heterocycles. The second-order valence-electron chi connectivity index (χ2n) is 2.82. The molecule has 0 radical (unpaired) electrons. The lowest BCUT2D eigenvalue weighted by atomic mass is 10.1. The van der Waals surface area contributed by atoms with Crippen molar-refractivity contribution in [1.29, 1.82) is 0 Å². The van der Waals surface area contributed by atoms with Crippen LogP contribution in [0.4, 0.5) is 0 Å². The van der Waals surface area contributed by atoms with E-state index in [0.29, 0.717) is 24.2 Å². The van der Waals surface area contributed by atoms with Gasteiger partial charge in [-0.15, -0.1) is 0 Å². The molecular weight excluding hydrogens is 248 g/mol. The number of aryl methyl sites for hydroxylation is 1. The van der Waals surface area contributed by atoms with Gasteiger partial charge in [0, 0.05) is 10.9 Å². The SMILES string of the molecule is COc1cc(Br)cc(CCC=O)c1O. The maximum absolute atomic E-state index is 10.2. The van der Waals surface area contributed by atoms with Crippen LogP contribution in [0.1, 0.15) is 12.0 Å². The van der Waals surface area contributed by atoms with Crippen LogP contribution in [0.15, 0.2) is 16.6 Å². The maximum Gasteiger partial charge on any atom is 0.161 e. The van der Waals surface area contributed by atoms with E-state index in [1.165, 1.54) is 7.11 Å². The summed E-state index contributed by atoms with van der Waals surface area (Å²) in [7, 11) is 1.49. The number of phenolic OH excluding ortho intramolecular Hbond substituents is 1. The van der Waals surface area contributed by atoms with Gasteiger partial charge < -0.3 is 14.6 Å². The van der Waals surface area contributed by atoms with Gasteiger partial charge in [-0.1, -0.05) is 15.9 Å². The molecule has 0 heterocycles. The van der Waals surface area contributed by atoms with Gasteiger partial charge in [0.2, 0.25) is 0 Å². The van der Waals surface area contributed by atoms with Crippen molar-refractivity contribution in [3.8, 4) is 11.5 Å². The van der Waals surface area contributed by atoms with E-state index in [-0.39, 0.29) is 5.75 Å². The molecule has 0 saturated carbocycles. The van der Waals surface area contributed by atoms with Gasteiger partial charge in [-0.25, -0.2) is 0 Å². The molecule has 76 valence electrons. The summed E-state index contributed by atoms with van der Waals surface area (Å²) in [6.45, 7) is 0. The van der Waals surface area contributed by atoms with E-state index >= 15 is 0 Å². The molecule has 0 spiro atoms. The number of hydrogen-bond donors (Lipinski definition) is 1. The van der Waals surface area contributed by atoms with Crippen LogP contribution < -0.4 is 4.74 Å². The van der Waals surface area contributed by atoms with Gasteiger partial charge in [-0.2, -0.15) is 0 Å².